The summed E-state index contributed by atoms with van der Waals surface area (Å²) in [6, 6.07) is 9.62. The highest BCUT2D eigenvalue weighted by atomic mass is 32.1. The maximum Gasteiger partial charge on any atom is 0.306 e. The molecule has 29 heavy (non-hydrogen) atoms. The van der Waals surface area contributed by atoms with Crippen LogP contribution in [0, 0.1) is 6.92 Å². The van der Waals surface area contributed by atoms with Gasteiger partial charge < -0.3 is 10.1 Å². The number of aryl methyl sites for hydroxylation is 1. The number of hydrogen-bond acceptors (Lipinski definition) is 5. The van der Waals surface area contributed by atoms with Crippen molar-refractivity contribution in [2.45, 2.75) is 59.3 Å². The van der Waals surface area contributed by atoms with Crippen molar-refractivity contribution >= 4 is 34.7 Å². The lowest BCUT2D eigenvalue weighted by Crippen LogP contribution is -2.23. The molecule has 1 aromatic heterocycles. The van der Waals surface area contributed by atoms with Gasteiger partial charge in [-0.05, 0) is 42.0 Å². The van der Waals surface area contributed by atoms with E-state index in [9.17, 15) is 14.4 Å². The van der Waals surface area contributed by atoms with Gasteiger partial charge in [-0.1, -0.05) is 45.9 Å². The Balaban J connectivity index is 1.90. The third-order valence-electron chi connectivity index (χ3n) is 4.57. The van der Waals surface area contributed by atoms with Crippen LogP contribution in [-0.4, -0.2) is 24.3 Å². The van der Waals surface area contributed by atoms with Crippen molar-refractivity contribution in [1.82, 2.24) is 0 Å². The number of esters is 1. The Kier molecular flexibility index (Phi) is 8.14. The number of Topliss-reactive ketones (excluding diaryl/α,β-unsaturated/α-hetero) is 1. The Morgan fingerprint density at radius 3 is 2.10 bits per heavy atom. The van der Waals surface area contributed by atoms with E-state index in [4.69, 9.17) is 4.74 Å². The molecule has 1 N–H and O–H groups in total. The lowest BCUT2D eigenvalue weighted by molar-refractivity contribution is -0.147. The Bertz CT molecular complexity index is 857. The van der Waals surface area contributed by atoms with Crippen molar-refractivity contribution in [1.29, 1.82) is 0 Å². The van der Waals surface area contributed by atoms with E-state index in [1.165, 1.54) is 11.3 Å². The molecule has 0 atom stereocenters. The van der Waals surface area contributed by atoms with Gasteiger partial charge in [-0.25, -0.2) is 0 Å². The van der Waals surface area contributed by atoms with Crippen LogP contribution in [0.3, 0.4) is 0 Å². The minimum Gasteiger partial charge on any atom is -0.456 e. The molecule has 1 amide bonds. The average molecular weight is 416 g/mol. The standard InChI is InChI=1S/C23H29NO4S/c1-14(2)17-7-6-8-18(15(3)4)23(17)24-21(26)13-28-22(27)12-10-19(25)20-11-9-16(5)29-20/h6-9,11,14-15H,10,12-13H2,1-5H3,(H,24,26). The van der Waals surface area contributed by atoms with E-state index < -0.39 is 5.97 Å². The highest BCUT2D eigenvalue weighted by Crippen LogP contribution is 2.32. The third kappa shape index (κ3) is 6.53. The van der Waals surface area contributed by atoms with Crippen LogP contribution in [0.1, 0.15) is 78.0 Å². The molecule has 1 heterocycles. The number of ketones is 1. The maximum absolute atomic E-state index is 12.4. The number of ether oxygens (including phenoxy) is 1. The van der Waals surface area contributed by atoms with Crippen LogP contribution in [0.4, 0.5) is 5.69 Å². The summed E-state index contributed by atoms with van der Waals surface area (Å²) in [5.74, 6) is -0.523. The second-order valence-electron chi connectivity index (χ2n) is 7.66. The van der Waals surface area contributed by atoms with Gasteiger partial charge in [0.2, 0.25) is 0 Å². The Hall–Kier alpha value is -2.47. The van der Waals surface area contributed by atoms with Gasteiger partial charge in [0.25, 0.3) is 5.91 Å². The average Bonchev–Trinajstić information content (AvgIpc) is 3.10. The summed E-state index contributed by atoms with van der Waals surface area (Å²) in [5.41, 5.74) is 2.89. The summed E-state index contributed by atoms with van der Waals surface area (Å²) in [4.78, 5) is 38.1. The molecule has 6 heteroatoms. The SMILES string of the molecule is Cc1ccc(C(=O)CCC(=O)OCC(=O)Nc2c(C(C)C)cccc2C(C)C)s1. The van der Waals surface area contributed by atoms with E-state index >= 15 is 0 Å². The maximum atomic E-state index is 12.4. The first-order valence-corrected chi connectivity index (χ1v) is 10.7. The molecular formula is C23H29NO4S. The lowest BCUT2D eigenvalue weighted by Gasteiger charge is -2.20. The summed E-state index contributed by atoms with van der Waals surface area (Å²) in [6.07, 6.45) is 0.0387. The van der Waals surface area contributed by atoms with Crippen LogP contribution in [0.15, 0.2) is 30.3 Å². The van der Waals surface area contributed by atoms with Crippen molar-refractivity contribution in [2.24, 2.45) is 0 Å². The van der Waals surface area contributed by atoms with Crippen LogP contribution < -0.4 is 5.32 Å². The first kappa shape index (κ1) is 22.8. The minimum atomic E-state index is -0.553. The van der Waals surface area contributed by atoms with E-state index in [0.29, 0.717) is 4.88 Å². The molecule has 0 unspecified atom stereocenters. The summed E-state index contributed by atoms with van der Waals surface area (Å²) in [7, 11) is 0. The number of rotatable bonds is 9. The first-order valence-electron chi connectivity index (χ1n) is 9.87. The van der Waals surface area contributed by atoms with Gasteiger partial charge in [-0.15, -0.1) is 11.3 Å². The zero-order valence-corrected chi connectivity index (χ0v) is 18.5. The van der Waals surface area contributed by atoms with E-state index in [2.05, 4.69) is 33.0 Å². The zero-order valence-electron chi connectivity index (χ0n) is 17.7. The number of hydrogen-bond donors (Lipinski definition) is 1. The van der Waals surface area contributed by atoms with E-state index in [1.807, 2.05) is 31.2 Å². The molecule has 1 aromatic carbocycles. The van der Waals surface area contributed by atoms with Crippen molar-refractivity contribution in [2.75, 3.05) is 11.9 Å². The molecule has 2 aromatic rings. The number of para-hydroxylation sites is 1. The molecule has 0 radical (unpaired) electrons. The predicted octanol–water partition coefficient (Wildman–Crippen LogP) is 5.45. The van der Waals surface area contributed by atoms with Crippen LogP contribution in [0.2, 0.25) is 0 Å². The fraction of sp³-hybridized carbons (Fsp3) is 0.435. The predicted molar refractivity (Wildman–Crippen MR) is 117 cm³/mol. The molecule has 156 valence electrons. The Morgan fingerprint density at radius 1 is 0.966 bits per heavy atom. The zero-order chi connectivity index (χ0) is 21.6. The van der Waals surface area contributed by atoms with Crippen LogP contribution in [0.5, 0.6) is 0 Å². The van der Waals surface area contributed by atoms with Gasteiger partial charge in [0.05, 0.1) is 11.3 Å². The molecule has 0 aliphatic rings. The number of carbonyl (C=O) groups excluding carboxylic acids is 3. The fourth-order valence-corrected chi connectivity index (χ4v) is 3.85. The lowest BCUT2D eigenvalue weighted by atomic mass is 9.92. The summed E-state index contributed by atoms with van der Waals surface area (Å²) in [6.45, 7) is 9.84. The molecule has 0 fully saturated rings. The van der Waals surface area contributed by atoms with E-state index in [0.717, 1.165) is 21.7 Å². The van der Waals surface area contributed by atoms with Gasteiger partial charge in [0, 0.05) is 17.0 Å². The molecule has 0 bridgehead atoms. The number of nitrogens with one attached hydrogen (secondary N) is 1. The first-order chi connectivity index (χ1) is 13.7. The van der Waals surface area contributed by atoms with E-state index in [-0.39, 0.29) is 43.0 Å². The van der Waals surface area contributed by atoms with Crippen LogP contribution in [0.25, 0.3) is 0 Å². The van der Waals surface area contributed by atoms with Crippen molar-refractivity contribution < 1.29 is 19.1 Å². The second kappa shape index (κ2) is 10.3. The molecule has 0 aliphatic carbocycles. The summed E-state index contributed by atoms with van der Waals surface area (Å²) >= 11 is 1.41. The van der Waals surface area contributed by atoms with Gasteiger partial charge >= 0.3 is 5.97 Å². The van der Waals surface area contributed by atoms with Gasteiger partial charge in [0.15, 0.2) is 12.4 Å². The number of carbonyl (C=O) groups is 3. The molecule has 0 aliphatic heterocycles. The van der Waals surface area contributed by atoms with Crippen LogP contribution >= 0.6 is 11.3 Å². The van der Waals surface area contributed by atoms with Crippen LogP contribution in [-0.2, 0) is 14.3 Å². The number of amides is 1. The van der Waals surface area contributed by atoms with Crippen molar-refractivity contribution in [3.8, 4) is 0 Å². The fourth-order valence-electron chi connectivity index (χ4n) is 3.01. The number of benzene rings is 1. The largest absolute Gasteiger partial charge is 0.456 e. The summed E-state index contributed by atoms with van der Waals surface area (Å²) < 4.78 is 5.07. The Labute approximate surface area is 176 Å². The van der Waals surface area contributed by atoms with Gasteiger partial charge in [0.1, 0.15) is 0 Å². The van der Waals surface area contributed by atoms with Gasteiger partial charge in [-0.3, -0.25) is 14.4 Å². The molecule has 5 nitrogen and oxygen atoms in total. The van der Waals surface area contributed by atoms with Gasteiger partial charge in [-0.2, -0.15) is 0 Å². The monoisotopic (exact) mass is 415 g/mol. The highest BCUT2D eigenvalue weighted by molar-refractivity contribution is 7.14. The second-order valence-corrected chi connectivity index (χ2v) is 8.95. The molecule has 0 spiro atoms. The number of anilines is 1. The molecule has 0 saturated carbocycles. The molecule has 2 rings (SSSR count). The summed E-state index contributed by atoms with van der Waals surface area (Å²) in [5, 5.41) is 2.91. The van der Waals surface area contributed by atoms with Crippen molar-refractivity contribution in [3.63, 3.8) is 0 Å². The smallest absolute Gasteiger partial charge is 0.306 e. The number of thiophene rings is 1. The topological polar surface area (TPSA) is 72.5 Å². The molecular weight excluding hydrogens is 386 g/mol. The highest BCUT2D eigenvalue weighted by Gasteiger charge is 2.17. The minimum absolute atomic E-state index is 0.0388. The Morgan fingerprint density at radius 2 is 1.59 bits per heavy atom. The normalized spacial score (nSPS) is 11.0. The quantitative estimate of drug-likeness (QED) is 0.437. The van der Waals surface area contributed by atoms with E-state index in [1.54, 1.807) is 6.07 Å². The molecule has 0 saturated heterocycles. The van der Waals surface area contributed by atoms with Crippen molar-refractivity contribution in [3.05, 3.63) is 51.2 Å². The third-order valence-corrected chi connectivity index (χ3v) is 5.61.